The summed E-state index contributed by atoms with van der Waals surface area (Å²) in [6, 6.07) is 14.1. The van der Waals surface area contributed by atoms with Gasteiger partial charge in [-0.1, -0.05) is 24.3 Å². The molecule has 2 aromatic carbocycles. The average Bonchev–Trinajstić information content (AvgIpc) is 3.29. The van der Waals surface area contributed by atoms with Crippen molar-refractivity contribution in [3.63, 3.8) is 0 Å². The number of oxazole rings is 1. The van der Waals surface area contributed by atoms with Gasteiger partial charge in [0.15, 0.2) is 0 Å². The molecule has 1 fully saturated rings. The summed E-state index contributed by atoms with van der Waals surface area (Å²) in [5.74, 6) is 1.97. The van der Waals surface area contributed by atoms with E-state index in [1.165, 1.54) is 12.1 Å². The summed E-state index contributed by atoms with van der Waals surface area (Å²) in [5, 5.41) is 0. The lowest BCUT2D eigenvalue weighted by Crippen LogP contribution is -2.43. The van der Waals surface area contributed by atoms with Crippen molar-refractivity contribution in [3.8, 4) is 5.75 Å². The molecule has 6 nitrogen and oxygen atoms in total. The monoisotopic (exact) mass is 451 g/mol. The quantitative estimate of drug-likeness (QED) is 0.501. The van der Waals surface area contributed by atoms with Crippen LogP contribution >= 0.6 is 0 Å². The van der Waals surface area contributed by atoms with Gasteiger partial charge in [0.2, 0.25) is 11.8 Å². The smallest absolute Gasteiger partial charge is 0.237 e. The van der Waals surface area contributed by atoms with Crippen molar-refractivity contribution < 1.29 is 18.3 Å². The Balaban J connectivity index is 1.40. The van der Waals surface area contributed by atoms with Gasteiger partial charge in [0.1, 0.15) is 23.4 Å². The molecular weight excluding hydrogens is 421 g/mol. The van der Waals surface area contributed by atoms with E-state index >= 15 is 0 Å². The molecule has 3 aromatic rings. The van der Waals surface area contributed by atoms with Crippen LogP contribution in [0.2, 0.25) is 0 Å². The Hall–Kier alpha value is -3.19. The molecule has 0 bridgehead atoms. The van der Waals surface area contributed by atoms with Gasteiger partial charge < -0.3 is 14.1 Å². The first-order valence-corrected chi connectivity index (χ1v) is 11.3. The van der Waals surface area contributed by atoms with Crippen LogP contribution < -0.4 is 4.74 Å². The fourth-order valence-electron chi connectivity index (χ4n) is 4.31. The number of likely N-dealkylation sites (tertiary alicyclic amines) is 1. The second-order valence-electron chi connectivity index (χ2n) is 8.59. The molecule has 0 aliphatic carbocycles. The summed E-state index contributed by atoms with van der Waals surface area (Å²) >= 11 is 0. The predicted molar refractivity (Wildman–Crippen MR) is 123 cm³/mol. The number of likely N-dealkylation sites (N-methyl/N-ethyl adjacent to an activating group) is 1. The SMILES string of the molecule is COc1cccc(Cc2cnc([C@@H]3CCCCN3C(=O)CN(C)Cc3ccc(F)cc3)o2)c1. The molecule has 1 atom stereocenters. The minimum absolute atomic E-state index is 0.0526. The van der Waals surface area contributed by atoms with Gasteiger partial charge in [-0.05, 0) is 61.7 Å². The number of ether oxygens (including phenoxy) is 1. The largest absolute Gasteiger partial charge is 0.497 e. The fourth-order valence-corrected chi connectivity index (χ4v) is 4.31. The van der Waals surface area contributed by atoms with Crippen molar-refractivity contribution in [2.24, 2.45) is 0 Å². The highest BCUT2D eigenvalue weighted by molar-refractivity contribution is 5.78. The summed E-state index contributed by atoms with van der Waals surface area (Å²) in [5.41, 5.74) is 2.05. The third-order valence-electron chi connectivity index (χ3n) is 5.96. The van der Waals surface area contributed by atoms with Crippen molar-refractivity contribution in [2.45, 2.75) is 38.3 Å². The Bertz CT molecular complexity index is 1070. The molecular formula is C26H30FN3O3. The maximum Gasteiger partial charge on any atom is 0.237 e. The molecule has 1 aliphatic heterocycles. The number of hydrogen-bond donors (Lipinski definition) is 0. The molecule has 0 saturated carbocycles. The minimum atomic E-state index is -0.259. The Labute approximate surface area is 194 Å². The highest BCUT2D eigenvalue weighted by Crippen LogP contribution is 2.31. The van der Waals surface area contributed by atoms with E-state index in [1.807, 2.05) is 41.1 Å². The number of nitrogens with zero attached hydrogens (tertiary/aromatic N) is 3. The van der Waals surface area contributed by atoms with Crippen LogP contribution in [0.4, 0.5) is 4.39 Å². The lowest BCUT2D eigenvalue weighted by Gasteiger charge is -2.35. The van der Waals surface area contributed by atoms with Crippen LogP contribution in [0, 0.1) is 5.82 Å². The number of carbonyl (C=O) groups is 1. The molecule has 0 radical (unpaired) electrons. The Morgan fingerprint density at radius 1 is 1.21 bits per heavy atom. The predicted octanol–water partition coefficient (Wildman–Crippen LogP) is 4.60. The maximum atomic E-state index is 13.1. The molecule has 2 heterocycles. The minimum Gasteiger partial charge on any atom is -0.497 e. The number of amides is 1. The van der Waals surface area contributed by atoms with Gasteiger partial charge >= 0.3 is 0 Å². The molecule has 0 N–H and O–H groups in total. The van der Waals surface area contributed by atoms with E-state index in [9.17, 15) is 9.18 Å². The number of hydrogen-bond acceptors (Lipinski definition) is 5. The number of aromatic nitrogens is 1. The number of benzene rings is 2. The highest BCUT2D eigenvalue weighted by atomic mass is 19.1. The fraction of sp³-hybridized carbons (Fsp3) is 0.385. The van der Waals surface area contributed by atoms with E-state index in [2.05, 4.69) is 4.98 Å². The third-order valence-corrected chi connectivity index (χ3v) is 5.96. The molecule has 33 heavy (non-hydrogen) atoms. The molecule has 4 rings (SSSR count). The molecule has 1 aliphatic rings. The van der Waals surface area contributed by atoms with Crippen LogP contribution in [-0.2, 0) is 17.8 Å². The van der Waals surface area contributed by atoms with Crippen LogP contribution in [-0.4, -0.2) is 47.9 Å². The first-order valence-electron chi connectivity index (χ1n) is 11.3. The molecule has 1 aromatic heterocycles. The van der Waals surface area contributed by atoms with Gasteiger partial charge in [-0.25, -0.2) is 9.37 Å². The van der Waals surface area contributed by atoms with E-state index in [-0.39, 0.29) is 24.3 Å². The van der Waals surface area contributed by atoms with Crippen LogP contribution in [0.25, 0.3) is 0 Å². The van der Waals surface area contributed by atoms with Crippen LogP contribution in [0.1, 0.15) is 48.1 Å². The zero-order valence-corrected chi connectivity index (χ0v) is 19.2. The van der Waals surface area contributed by atoms with Crippen molar-refractivity contribution in [1.29, 1.82) is 0 Å². The highest BCUT2D eigenvalue weighted by Gasteiger charge is 2.31. The number of piperidine rings is 1. The van der Waals surface area contributed by atoms with Crippen LogP contribution in [0.5, 0.6) is 5.75 Å². The number of rotatable bonds is 8. The number of halogens is 1. The first-order chi connectivity index (χ1) is 16.0. The van der Waals surface area contributed by atoms with E-state index in [0.717, 1.165) is 41.9 Å². The summed E-state index contributed by atoms with van der Waals surface area (Å²) in [6.45, 7) is 1.56. The summed E-state index contributed by atoms with van der Waals surface area (Å²) in [4.78, 5) is 21.5. The van der Waals surface area contributed by atoms with E-state index in [4.69, 9.17) is 9.15 Å². The topological polar surface area (TPSA) is 58.8 Å². The standard InChI is InChI=1S/C26H30FN3O3/c1-29(17-19-9-11-21(27)12-10-19)18-25(31)30-13-4-3-8-24(30)26-28-16-23(33-26)15-20-6-5-7-22(14-20)32-2/h5-7,9-12,14,16,24H,3-4,8,13,15,17-18H2,1-2H3/t24-/m0/s1. The van der Waals surface area contributed by atoms with E-state index in [0.29, 0.717) is 25.4 Å². The summed E-state index contributed by atoms with van der Waals surface area (Å²) in [7, 11) is 3.55. The first kappa shape index (κ1) is 23.0. The Morgan fingerprint density at radius 3 is 2.82 bits per heavy atom. The van der Waals surface area contributed by atoms with E-state index < -0.39 is 0 Å². The zero-order chi connectivity index (χ0) is 23.2. The average molecular weight is 452 g/mol. The van der Waals surface area contributed by atoms with Gasteiger partial charge in [-0.15, -0.1) is 0 Å². The van der Waals surface area contributed by atoms with Gasteiger partial charge in [0.25, 0.3) is 0 Å². The van der Waals surface area contributed by atoms with Crippen molar-refractivity contribution in [2.75, 3.05) is 27.2 Å². The summed E-state index contributed by atoms with van der Waals surface area (Å²) in [6.07, 6.45) is 5.22. The molecule has 1 amide bonds. The van der Waals surface area contributed by atoms with Crippen LogP contribution in [0.15, 0.2) is 59.1 Å². The van der Waals surface area contributed by atoms with Gasteiger partial charge in [0, 0.05) is 19.5 Å². The third kappa shape index (κ3) is 5.99. The number of methoxy groups -OCH3 is 1. The van der Waals surface area contributed by atoms with Gasteiger partial charge in [-0.3, -0.25) is 9.69 Å². The molecule has 0 spiro atoms. The Morgan fingerprint density at radius 2 is 2.03 bits per heavy atom. The van der Waals surface area contributed by atoms with Gasteiger partial charge in [0.05, 0.1) is 19.9 Å². The van der Waals surface area contributed by atoms with Crippen molar-refractivity contribution >= 4 is 5.91 Å². The lowest BCUT2D eigenvalue weighted by molar-refractivity contribution is -0.136. The second kappa shape index (κ2) is 10.6. The molecule has 0 unspecified atom stereocenters. The Kier molecular flexibility index (Phi) is 7.40. The van der Waals surface area contributed by atoms with Crippen LogP contribution in [0.3, 0.4) is 0 Å². The number of carbonyl (C=O) groups excluding carboxylic acids is 1. The van der Waals surface area contributed by atoms with Gasteiger partial charge in [-0.2, -0.15) is 0 Å². The molecule has 174 valence electrons. The van der Waals surface area contributed by atoms with Crippen molar-refractivity contribution in [3.05, 3.63) is 83.3 Å². The summed E-state index contributed by atoms with van der Waals surface area (Å²) < 4.78 is 24.5. The molecule has 7 heteroatoms. The lowest BCUT2D eigenvalue weighted by atomic mass is 10.0. The maximum absolute atomic E-state index is 13.1. The van der Waals surface area contributed by atoms with Crippen molar-refractivity contribution in [1.82, 2.24) is 14.8 Å². The molecule has 1 saturated heterocycles. The normalized spacial score (nSPS) is 16.2. The van der Waals surface area contributed by atoms with E-state index in [1.54, 1.807) is 25.4 Å². The zero-order valence-electron chi connectivity index (χ0n) is 19.2. The second-order valence-corrected chi connectivity index (χ2v) is 8.59.